The molecular formula is C15H25N3O3S. The first-order chi connectivity index (χ1) is 10.3. The Bertz CT molecular complexity index is 568. The molecule has 0 radical (unpaired) electrons. The number of benzene rings is 1. The van der Waals surface area contributed by atoms with Crippen LogP contribution in [0, 0.1) is 5.92 Å². The van der Waals surface area contributed by atoms with Gasteiger partial charge in [0.05, 0.1) is 4.90 Å². The van der Waals surface area contributed by atoms with E-state index in [4.69, 9.17) is 0 Å². The molecule has 0 atom stereocenters. The van der Waals surface area contributed by atoms with Gasteiger partial charge in [-0.15, -0.1) is 0 Å². The van der Waals surface area contributed by atoms with Crippen LogP contribution < -0.4 is 15.4 Å². The maximum atomic E-state index is 11.8. The smallest absolute Gasteiger partial charge is 0.314 e. The van der Waals surface area contributed by atoms with Crippen LogP contribution in [0.4, 0.5) is 4.79 Å². The first-order valence-corrected chi connectivity index (χ1v) is 8.93. The predicted octanol–water partition coefficient (Wildman–Crippen LogP) is 1.48. The van der Waals surface area contributed by atoms with Gasteiger partial charge in [-0.3, -0.25) is 0 Å². The van der Waals surface area contributed by atoms with E-state index in [1.165, 1.54) is 0 Å². The maximum Gasteiger partial charge on any atom is 0.314 e. The van der Waals surface area contributed by atoms with Crippen molar-refractivity contribution in [2.45, 2.75) is 32.1 Å². The third-order valence-electron chi connectivity index (χ3n) is 2.94. The van der Waals surface area contributed by atoms with Gasteiger partial charge >= 0.3 is 6.03 Å². The highest BCUT2D eigenvalue weighted by Gasteiger charge is 2.11. The summed E-state index contributed by atoms with van der Waals surface area (Å²) in [6.45, 7) is 7.31. The van der Waals surface area contributed by atoms with E-state index in [0.29, 0.717) is 32.0 Å². The summed E-state index contributed by atoms with van der Waals surface area (Å²) in [6.07, 6.45) is 0.649. The molecule has 6 nitrogen and oxygen atoms in total. The topological polar surface area (TPSA) is 87.3 Å². The first kappa shape index (κ1) is 18.4. The Balaban J connectivity index is 2.44. The van der Waals surface area contributed by atoms with Crippen LogP contribution >= 0.6 is 0 Å². The van der Waals surface area contributed by atoms with Crippen molar-refractivity contribution in [1.82, 2.24) is 15.4 Å². The average Bonchev–Trinajstić information content (AvgIpc) is 2.45. The monoisotopic (exact) mass is 327 g/mol. The zero-order valence-electron chi connectivity index (χ0n) is 13.3. The highest BCUT2D eigenvalue weighted by atomic mass is 32.2. The van der Waals surface area contributed by atoms with E-state index in [1.54, 1.807) is 31.2 Å². The lowest BCUT2D eigenvalue weighted by Gasteiger charge is -2.10. The lowest BCUT2D eigenvalue weighted by atomic mass is 10.1. The number of carbonyl (C=O) groups excluding carboxylic acids is 1. The second kappa shape index (κ2) is 8.75. The van der Waals surface area contributed by atoms with Crippen LogP contribution in [0.15, 0.2) is 29.2 Å². The SMILES string of the molecule is CCNS(=O)(=O)c1ccc(CCNC(=O)NCC(C)C)cc1. The molecule has 0 heterocycles. The van der Waals surface area contributed by atoms with Gasteiger partial charge in [-0.2, -0.15) is 0 Å². The molecule has 0 aliphatic heterocycles. The summed E-state index contributed by atoms with van der Waals surface area (Å²) >= 11 is 0. The van der Waals surface area contributed by atoms with Crippen LogP contribution in [-0.4, -0.2) is 34.1 Å². The second-order valence-corrected chi connectivity index (χ2v) is 7.19. The number of sulfonamides is 1. The molecule has 0 aromatic heterocycles. The van der Waals surface area contributed by atoms with Crippen LogP contribution in [0.1, 0.15) is 26.3 Å². The van der Waals surface area contributed by atoms with Crippen molar-refractivity contribution in [3.63, 3.8) is 0 Å². The summed E-state index contributed by atoms with van der Waals surface area (Å²) in [5.41, 5.74) is 0.972. The van der Waals surface area contributed by atoms with E-state index in [0.717, 1.165) is 5.56 Å². The molecule has 0 aliphatic rings. The van der Waals surface area contributed by atoms with Crippen molar-refractivity contribution < 1.29 is 13.2 Å². The summed E-state index contributed by atoms with van der Waals surface area (Å²) in [6, 6.07) is 6.49. The zero-order valence-corrected chi connectivity index (χ0v) is 14.2. The van der Waals surface area contributed by atoms with Gasteiger partial charge in [0.25, 0.3) is 0 Å². The zero-order chi connectivity index (χ0) is 16.6. The van der Waals surface area contributed by atoms with Crippen molar-refractivity contribution >= 4 is 16.1 Å². The molecule has 2 amide bonds. The third kappa shape index (κ3) is 6.44. The van der Waals surface area contributed by atoms with E-state index in [9.17, 15) is 13.2 Å². The van der Waals surface area contributed by atoms with Crippen LogP contribution in [0.5, 0.6) is 0 Å². The van der Waals surface area contributed by atoms with Crippen molar-refractivity contribution in [1.29, 1.82) is 0 Å². The Morgan fingerprint density at radius 2 is 1.77 bits per heavy atom. The molecule has 0 bridgehead atoms. The predicted molar refractivity (Wildman–Crippen MR) is 87.2 cm³/mol. The molecule has 0 saturated heterocycles. The molecule has 0 fully saturated rings. The number of hydrogen-bond acceptors (Lipinski definition) is 3. The molecule has 1 aromatic carbocycles. The molecular weight excluding hydrogens is 302 g/mol. The fraction of sp³-hybridized carbons (Fsp3) is 0.533. The Morgan fingerprint density at radius 1 is 1.14 bits per heavy atom. The summed E-state index contributed by atoms with van der Waals surface area (Å²) in [4.78, 5) is 11.7. The first-order valence-electron chi connectivity index (χ1n) is 7.45. The van der Waals surface area contributed by atoms with Crippen LogP contribution in [-0.2, 0) is 16.4 Å². The van der Waals surface area contributed by atoms with E-state index in [1.807, 2.05) is 13.8 Å². The standard InChI is InChI=1S/C15H25N3O3S/c1-4-18-22(20,21)14-7-5-13(6-8-14)9-10-16-15(19)17-11-12(2)3/h5-8,12,18H,4,9-11H2,1-3H3,(H2,16,17,19). The molecule has 0 spiro atoms. The van der Waals surface area contributed by atoms with E-state index < -0.39 is 10.0 Å². The fourth-order valence-corrected chi connectivity index (χ4v) is 2.83. The van der Waals surface area contributed by atoms with E-state index >= 15 is 0 Å². The van der Waals surface area contributed by atoms with Gasteiger partial charge in [-0.05, 0) is 30.0 Å². The fourth-order valence-electron chi connectivity index (χ4n) is 1.79. The van der Waals surface area contributed by atoms with Crippen LogP contribution in [0.25, 0.3) is 0 Å². The van der Waals surface area contributed by atoms with Crippen LogP contribution in [0.2, 0.25) is 0 Å². The molecule has 1 aromatic rings. The molecule has 1 rings (SSSR count). The summed E-state index contributed by atoms with van der Waals surface area (Å²) in [5.74, 6) is 0.414. The molecule has 0 unspecified atom stereocenters. The number of carbonyl (C=O) groups is 1. The van der Waals surface area contributed by atoms with E-state index in [-0.39, 0.29) is 10.9 Å². The van der Waals surface area contributed by atoms with Gasteiger partial charge in [0.1, 0.15) is 0 Å². The summed E-state index contributed by atoms with van der Waals surface area (Å²) in [5, 5.41) is 5.54. The van der Waals surface area contributed by atoms with E-state index in [2.05, 4.69) is 15.4 Å². The molecule has 22 heavy (non-hydrogen) atoms. The Morgan fingerprint density at radius 3 is 2.32 bits per heavy atom. The molecule has 0 aliphatic carbocycles. The average molecular weight is 327 g/mol. The maximum absolute atomic E-state index is 11.8. The van der Waals surface area contributed by atoms with Gasteiger partial charge in [0.15, 0.2) is 0 Å². The van der Waals surface area contributed by atoms with Gasteiger partial charge in [0, 0.05) is 19.6 Å². The van der Waals surface area contributed by atoms with Crippen LogP contribution in [0.3, 0.4) is 0 Å². The Hall–Kier alpha value is -1.60. The Kier molecular flexibility index (Phi) is 7.34. The van der Waals surface area contributed by atoms with Gasteiger partial charge < -0.3 is 10.6 Å². The molecule has 0 saturated carbocycles. The molecule has 3 N–H and O–H groups in total. The highest BCUT2D eigenvalue weighted by Crippen LogP contribution is 2.10. The van der Waals surface area contributed by atoms with Gasteiger partial charge in [-0.25, -0.2) is 17.9 Å². The highest BCUT2D eigenvalue weighted by molar-refractivity contribution is 7.89. The molecule has 7 heteroatoms. The number of amides is 2. The number of rotatable bonds is 8. The quantitative estimate of drug-likeness (QED) is 0.676. The van der Waals surface area contributed by atoms with Crippen molar-refractivity contribution in [2.75, 3.05) is 19.6 Å². The lowest BCUT2D eigenvalue weighted by Crippen LogP contribution is -2.38. The minimum Gasteiger partial charge on any atom is -0.338 e. The minimum atomic E-state index is -3.41. The molecule has 124 valence electrons. The summed E-state index contributed by atoms with van der Waals surface area (Å²) < 4.78 is 26.0. The number of nitrogens with one attached hydrogen (secondary N) is 3. The Labute approximate surface area is 132 Å². The van der Waals surface area contributed by atoms with Crippen molar-refractivity contribution in [3.05, 3.63) is 29.8 Å². The summed E-state index contributed by atoms with van der Waals surface area (Å²) in [7, 11) is -3.41. The largest absolute Gasteiger partial charge is 0.338 e. The number of hydrogen-bond donors (Lipinski definition) is 3. The van der Waals surface area contributed by atoms with Crippen molar-refractivity contribution in [2.24, 2.45) is 5.92 Å². The second-order valence-electron chi connectivity index (χ2n) is 5.43. The minimum absolute atomic E-state index is 0.181. The third-order valence-corrected chi connectivity index (χ3v) is 4.50. The lowest BCUT2D eigenvalue weighted by molar-refractivity contribution is 0.239. The number of urea groups is 1. The van der Waals surface area contributed by atoms with Gasteiger partial charge in [-0.1, -0.05) is 32.9 Å². The van der Waals surface area contributed by atoms with Gasteiger partial charge in [0.2, 0.25) is 10.0 Å². The van der Waals surface area contributed by atoms with Crippen molar-refractivity contribution in [3.8, 4) is 0 Å². The normalized spacial score (nSPS) is 11.5.